The van der Waals surface area contributed by atoms with Crippen LogP contribution in [0.15, 0.2) is 18.5 Å². The summed E-state index contributed by atoms with van der Waals surface area (Å²) in [5.41, 5.74) is 1.24. The molecule has 0 saturated carbocycles. The number of nitrogens with one attached hydrogen (secondary N) is 1. The molecule has 4 nitrogen and oxygen atoms in total. The summed E-state index contributed by atoms with van der Waals surface area (Å²) in [6, 6.07) is 2.07. The van der Waals surface area contributed by atoms with E-state index in [4.69, 9.17) is 0 Å². The van der Waals surface area contributed by atoms with Crippen LogP contribution in [-0.2, 0) is 19.6 Å². The van der Waals surface area contributed by atoms with Gasteiger partial charge in [-0.05, 0) is 19.4 Å². The lowest BCUT2D eigenvalue weighted by molar-refractivity contribution is 0.550. The molecule has 0 aromatic carbocycles. The van der Waals surface area contributed by atoms with E-state index >= 15 is 0 Å². The van der Waals surface area contributed by atoms with Crippen molar-refractivity contribution in [3.8, 4) is 0 Å². The number of hydrogen-bond donors (Lipinski definition) is 1. The number of aromatic nitrogens is 3. The first kappa shape index (κ1) is 12.3. The molecular formula is C12H18N4S. The van der Waals surface area contributed by atoms with Gasteiger partial charge in [0.05, 0.1) is 10.7 Å². The highest BCUT2D eigenvalue weighted by molar-refractivity contribution is 7.11. The largest absolute Gasteiger partial charge is 0.306 e. The van der Waals surface area contributed by atoms with Gasteiger partial charge >= 0.3 is 0 Å². The second-order valence-electron chi connectivity index (χ2n) is 3.99. The maximum atomic E-state index is 4.30. The first-order chi connectivity index (χ1) is 8.29. The van der Waals surface area contributed by atoms with Gasteiger partial charge in [-0.1, -0.05) is 6.92 Å². The van der Waals surface area contributed by atoms with Crippen molar-refractivity contribution in [3.63, 3.8) is 0 Å². The minimum absolute atomic E-state index is 0.858. The van der Waals surface area contributed by atoms with E-state index in [0.717, 1.165) is 31.1 Å². The van der Waals surface area contributed by atoms with Crippen molar-refractivity contribution >= 4 is 11.3 Å². The van der Waals surface area contributed by atoms with Gasteiger partial charge in [0.25, 0.3) is 0 Å². The molecule has 0 unspecified atom stereocenters. The Morgan fingerprint density at radius 3 is 3.00 bits per heavy atom. The molecule has 0 saturated heterocycles. The molecule has 0 aliphatic heterocycles. The van der Waals surface area contributed by atoms with Crippen LogP contribution in [0.4, 0.5) is 0 Å². The molecule has 0 aliphatic rings. The number of nitrogens with zero attached hydrogens (tertiary/aromatic N) is 3. The smallest absolute Gasteiger partial charge is 0.0897 e. The number of thiazole rings is 1. The minimum Gasteiger partial charge on any atom is -0.306 e. The fraction of sp³-hybridized carbons (Fsp3) is 0.500. The van der Waals surface area contributed by atoms with Crippen molar-refractivity contribution in [1.82, 2.24) is 20.1 Å². The predicted octanol–water partition coefficient (Wildman–Crippen LogP) is 2.35. The van der Waals surface area contributed by atoms with E-state index < -0.39 is 0 Å². The topological polar surface area (TPSA) is 42.7 Å². The molecule has 2 aromatic heterocycles. The van der Waals surface area contributed by atoms with Crippen molar-refractivity contribution in [2.45, 2.75) is 39.9 Å². The maximum absolute atomic E-state index is 4.30. The first-order valence-corrected chi connectivity index (χ1v) is 6.74. The van der Waals surface area contributed by atoms with Gasteiger partial charge in [-0.2, -0.15) is 5.10 Å². The maximum Gasteiger partial charge on any atom is 0.0897 e. The number of aryl methyl sites for hydroxylation is 2. The van der Waals surface area contributed by atoms with E-state index in [1.54, 1.807) is 11.3 Å². The van der Waals surface area contributed by atoms with Crippen LogP contribution < -0.4 is 5.32 Å². The van der Waals surface area contributed by atoms with Crippen LogP contribution in [0, 0.1) is 6.92 Å². The van der Waals surface area contributed by atoms with E-state index in [-0.39, 0.29) is 0 Å². The van der Waals surface area contributed by atoms with Gasteiger partial charge < -0.3 is 5.32 Å². The zero-order valence-electron chi connectivity index (χ0n) is 10.3. The third kappa shape index (κ3) is 3.38. The zero-order chi connectivity index (χ0) is 12.1. The average molecular weight is 250 g/mol. The third-order valence-electron chi connectivity index (χ3n) is 2.51. The molecule has 0 fully saturated rings. The second kappa shape index (κ2) is 5.93. The second-order valence-corrected chi connectivity index (χ2v) is 5.31. The molecule has 2 rings (SSSR count). The monoisotopic (exact) mass is 250 g/mol. The molecule has 0 bridgehead atoms. The van der Waals surface area contributed by atoms with Gasteiger partial charge in [-0.15, -0.1) is 11.3 Å². The Labute approximate surface area is 106 Å². The van der Waals surface area contributed by atoms with Gasteiger partial charge in [-0.3, -0.25) is 4.68 Å². The number of rotatable bonds is 6. The fourth-order valence-corrected chi connectivity index (χ4v) is 2.49. The fourth-order valence-electron chi connectivity index (χ4n) is 1.72. The Morgan fingerprint density at radius 2 is 2.29 bits per heavy atom. The summed E-state index contributed by atoms with van der Waals surface area (Å²) < 4.78 is 2.06. The predicted molar refractivity (Wildman–Crippen MR) is 69.9 cm³/mol. The summed E-state index contributed by atoms with van der Waals surface area (Å²) in [6.45, 7) is 6.92. The summed E-state index contributed by atoms with van der Waals surface area (Å²) in [6.07, 6.45) is 4.92. The number of hydrogen-bond acceptors (Lipinski definition) is 4. The normalized spacial score (nSPS) is 10.9. The van der Waals surface area contributed by atoms with Crippen LogP contribution in [0.3, 0.4) is 0 Å². The van der Waals surface area contributed by atoms with Crippen LogP contribution >= 0.6 is 11.3 Å². The Hall–Kier alpha value is -1.20. The van der Waals surface area contributed by atoms with Crippen LogP contribution in [-0.4, -0.2) is 14.8 Å². The van der Waals surface area contributed by atoms with Crippen LogP contribution in [0.5, 0.6) is 0 Å². The van der Waals surface area contributed by atoms with Gasteiger partial charge in [0.1, 0.15) is 0 Å². The zero-order valence-corrected chi connectivity index (χ0v) is 11.1. The molecule has 92 valence electrons. The molecule has 0 aliphatic carbocycles. The quantitative estimate of drug-likeness (QED) is 0.855. The van der Waals surface area contributed by atoms with Gasteiger partial charge in [0.2, 0.25) is 0 Å². The Bertz CT molecular complexity index is 461. The highest BCUT2D eigenvalue weighted by Gasteiger charge is 2.02. The summed E-state index contributed by atoms with van der Waals surface area (Å²) in [7, 11) is 0. The lowest BCUT2D eigenvalue weighted by atomic mass is 10.4. The van der Waals surface area contributed by atoms with Crippen LogP contribution in [0.2, 0.25) is 0 Å². The standard InChI is InChI=1S/C12H18N4S/c1-3-6-16-11(4-5-15-16)7-13-8-12-9-14-10(2)17-12/h4-5,9,13H,3,6-8H2,1-2H3. The van der Waals surface area contributed by atoms with Gasteiger partial charge in [0, 0.05) is 36.9 Å². The lowest BCUT2D eigenvalue weighted by Gasteiger charge is -2.06. The third-order valence-corrected chi connectivity index (χ3v) is 3.43. The van der Waals surface area contributed by atoms with Crippen LogP contribution in [0.25, 0.3) is 0 Å². The molecule has 1 N–H and O–H groups in total. The van der Waals surface area contributed by atoms with E-state index in [1.807, 2.05) is 19.3 Å². The van der Waals surface area contributed by atoms with Gasteiger partial charge in [-0.25, -0.2) is 4.98 Å². The Morgan fingerprint density at radius 1 is 1.41 bits per heavy atom. The van der Waals surface area contributed by atoms with Crippen LogP contribution in [0.1, 0.15) is 28.9 Å². The molecule has 0 radical (unpaired) electrons. The molecule has 0 atom stereocenters. The van der Waals surface area contributed by atoms with Crippen molar-refractivity contribution in [3.05, 3.63) is 34.0 Å². The molecular weight excluding hydrogens is 232 g/mol. The van der Waals surface area contributed by atoms with Crippen molar-refractivity contribution in [1.29, 1.82) is 0 Å². The lowest BCUT2D eigenvalue weighted by Crippen LogP contribution is -2.16. The van der Waals surface area contributed by atoms with E-state index in [0.29, 0.717) is 0 Å². The highest BCUT2D eigenvalue weighted by Crippen LogP contribution is 2.11. The van der Waals surface area contributed by atoms with E-state index in [9.17, 15) is 0 Å². The molecule has 0 amide bonds. The summed E-state index contributed by atoms with van der Waals surface area (Å²) in [4.78, 5) is 5.52. The van der Waals surface area contributed by atoms with Crippen molar-refractivity contribution in [2.24, 2.45) is 0 Å². The van der Waals surface area contributed by atoms with E-state index in [2.05, 4.69) is 33.1 Å². The first-order valence-electron chi connectivity index (χ1n) is 5.92. The summed E-state index contributed by atoms with van der Waals surface area (Å²) in [5, 5.41) is 8.85. The molecule has 5 heteroatoms. The molecule has 17 heavy (non-hydrogen) atoms. The van der Waals surface area contributed by atoms with Crippen molar-refractivity contribution in [2.75, 3.05) is 0 Å². The Balaban J connectivity index is 1.83. The molecule has 2 heterocycles. The van der Waals surface area contributed by atoms with Gasteiger partial charge in [0.15, 0.2) is 0 Å². The molecule has 0 spiro atoms. The average Bonchev–Trinajstić information content (AvgIpc) is 2.90. The van der Waals surface area contributed by atoms with E-state index in [1.165, 1.54) is 10.6 Å². The summed E-state index contributed by atoms with van der Waals surface area (Å²) >= 11 is 1.74. The Kier molecular flexibility index (Phi) is 4.28. The van der Waals surface area contributed by atoms with Crippen molar-refractivity contribution < 1.29 is 0 Å². The molecule has 2 aromatic rings. The highest BCUT2D eigenvalue weighted by atomic mass is 32.1. The summed E-state index contributed by atoms with van der Waals surface area (Å²) in [5.74, 6) is 0. The SMILES string of the molecule is CCCn1nccc1CNCc1cnc(C)s1. The minimum atomic E-state index is 0.858.